The largest absolute Gasteiger partial charge is 0.395 e. The second-order valence-electron chi connectivity index (χ2n) is 5.70. The van der Waals surface area contributed by atoms with Crippen molar-refractivity contribution in [2.75, 3.05) is 13.2 Å². The smallest absolute Gasteiger partial charge is 0.0641 e. The first-order chi connectivity index (χ1) is 10.0. The molecular weight excluding hydrogens is 282 g/mol. The summed E-state index contributed by atoms with van der Waals surface area (Å²) >= 11 is 1.76. The maximum Gasteiger partial charge on any atom is 0.0641 e. The Bertz CT molecular complexity index is 560. The minimum atomic E-state index is 0.182. The van der Waals surface area contributed by atoms with Gasteiger partial charge >= 0.3 is 0 Å². The van der Waals surface area contributed by atoms with E-state index in [1.807, 2.05) is 0 Å². The molecule has 0 unspecified atom stereocenters. The molecule has 116 valence electrons. The summed E-state index contributed by atoms with van der Waals surface area (Å²) in [6, 6.07) is 4.59. The van der Waals surface area contributed by atoms with E-state index >= 15 is 0 Å². The van der Waals surface area contributed by atoms with Crippen molar-refractivity contribution < 1.29 is 5.11 Å². The van der Waals surface area contributed by atoms with Gasteiger partial charge in [-0.1, -0.05) is 6.07 Å². The number of thiophene rings is 1. The van der Waals surface area contributed by atoms with Gasteiger partial charge in [-0.2, -0.15) is 5.10 Å². The minimum absolute atomic E-state index is 0.182. The first-order valence-corrected chi connectivity index (χ1v) is 8.31. The Morgan fingerprint density at radius 3 is 2.62 bits per heavy atom. The predicted molar refractivity (Wildman–Crippen MR) is 87.6 cm³/mol. The van der Waals surface area contributed by atoms with E-state index in [0.717, 1.165) is 18.8 Å². The molecule has 21 heavy (non-hydrogen) atoms. The fraction of sp³-hybridized carbons (Fsp3) is 0.562. The van der Waals surface area contributed by atoms with Crippen molar-refractivity contribution in [1.29, 1.82) is 0 Å². The van der Waals surface area contributed by atoms with Gasteiger partial charge in [-0.3, -0.25) is 9.58 Å². The second kappa shape index (κ2) is 7.20. The van der Waals surface area contributed by atoms with Gasteiger partial charge in [-0.05, 0) is 39.1 Å². The molecule has 2 heterocycles. The zero-order chi connectivity index (χ0) is 15.4. The fourth-order valence-electron chi connectivity index (χ4n) is 2.63. The SMILES string of the molecule is Cc1nn(C(C)C)c(C)c1CN(CCO)Cc1cccs1. The van der Waals surface area contributed by atoms with E-state index in [-0.39, 0.29) is 6.61 Å². The lowest BCUT2D eigenvalue weighted by Gasteiger charge is -2.21. The number of aliphatic hydroxyl groups excluding tert-OH is 1. The molecule has 0 fully saturated rings. The number of nitrogens with zero attached hydrogens (tertiary/aromatic N) is 3. The topological polar surface area (TPSA) is 41.3 Å². The molecule has 0 bridgehead atoms. The highest BCUT2D eigenvalue weighted by Gasteiger charge is 2.16. The van der Waals surface area contributed by atoms with Crippen molar-refractivity contribution in [3.05, 3.63) is 39.3 Å². The lowest BCUT2D eigenvalue weighted by atomic mass is 10.1. The van der Waals surface area contributed by atoms with Gasteiger partial charge in [0.2, 0.25) is 0 Å². The zero-order valence-corrected chi connectivity index (χ0v) is 14.2. The number of aromatic nitrogens is 2. The van der Waals surface area contributed by atoms with Crippen LogP contribution in [0.4, 0.5) is 0 Å². The van der Waals surface area contributed by atoms with Crippen LogP contribution in [-0.2, 0) is 13.1 Å². The summed E-state index contributed by atoms with van der Waals surface area (Å²) in [5.41, 5.74) is 3.61. The summed E-state index contributed by atoms with van der Waals surface area (Å²) in [6.07, 6.45) is 0. The number of aliphatic hydroxyl groups is 1. The van der Waals surface area contributed by atoms with Crippen LogP contribution >= 0.6 is 11.3 Å². The quantitative estimate of drug-likeness (QED) is 0.854. The monoisotopic (exact) mass is 307 g/mol. The summed E-state index contributed by atoms with van der Waals surface area (Å²) < 4.78 is 2.09. The minimum Gasteiger partial charge on any atom is -0.395 e. The van der Waals surface area contributed by atoms with Crippen LogP contribution in [0.2, 0.25) is 0 Å². The summed E-state index contributed by atoms with van der Waals surface area (Å²) in [5.74, 6) is 0. The molecule has 0 saturated carbocycles. The van der Waals surface area contributed by atoms with E-state index in [2.05, 4.69) is 59.9 Å². The molecule has 5 heteroatoms. The van der Waals surface area contributed by atoms with Gasteiger partial charge in [0.15, 0.2) is 0 Å². The molecule has 0 amide bonds. The highest BCUT2D eigenvalue weighted by Crippen LogP contribution is 2.21. The second-order valence-corrected chi connectivity index (χ2v) is 6.73. The van der Waals surface area contributed by atoms with Crippen LogP contribution in [0.3, 0.4) is 0 Å². The summed E-state index contributed by atoms with van der Waals surface area (Å²) in [6.45, 7) is 11.1. The Balaban J connectivity index is 2.16. The van der Waals surface area contributed by atoms with E-state index in [4.69, 9.17) is 0 Å². The van der Waals surface area contributed by atoms with E-state index in [9.17, 15) is 5.11 Å². The van der Waals surface area contributed by atoms with Crippen LogP contribution < -0.4 is 0 Å². The van der Waals surface area contributed by atoms with Crippen LogP contribution in [0, 0.1) is 13.8 Å². The van der Waals surface area contributed by atoms with E-state index < -0.39 is 0 Å². The van der Waals surface area contributed by atoms with Gasteiger partial charge in [0.25, 0.3) is 0 Å². The normalized spacial score (nSPS) is 11.8. The average molecular weight is 307 g/mol. The van der Waals surface area contributed by atoms with Crippen molar-refractivity contribution in [3.8, 4) is 0 Å². The Labute approximate surface area is 131 Å². The predicted octanol–water partition coefficient (Wildman–Crippen LogP) is 3.14. The molecule has 0 aliphatic rings. The van der Waals surface area contributed by atoms with Crippen LogP contribution in [0.25, 0.3) is 0 Å². The third kappa shape index (κ3) is 3.93. The fourth-order valence-corrected chi connectivity index (χ4v) is 3.38. The maximum atomic E-state index is 9.32. The summed E-state index contributed by atoms with van der Waals surface area (Å²) in [7, 11) is 0. The van der Waals surface area contributed by atoms with Gasteiger partial charge in [-0.15, -0.1) is 11.3 Å². The Morgan fingerprint density at radius 1 is 1.33 bits per heavy atom. The third-order valence-corrected chi connectivity index (χ3v) is 4.58. The van der Waals surface area contributed by atoms with Crippen LogP contribution in [0.1, 0.15) is 41.7 Å². The van der Waals surface area contributed by atoms with Gasteiger partial charge in [-0.25, -0.2) is 0 Å². The molecule has 0 atom stereocenters. The first kappa shape index (κ1) is 16.2. The molecule has 0 aliphatic heterocycles. The number of aryl methyl sites for hydroxylation is 1. The average Bonchev–Trinajstić information content (AvgIpc) is 3.02. The van der Waals surface area contributed by atoms with Crippen LogP contribution in [-0.4, -0.2) is 32.9 Å². The number of hydrogen-bond acceptors (Lipinski definition) is 4. The molecule has 2 rings (SSSR count). The zero-order valence-electron chi connectivity index (χ0n) is 13.3. The maximum absolute atomic E-state index is 9.32. The lowest BCUT2D eigenvalue weighted by molar-refractivity contribution is 0.185. The molecular formula is C16H25N3OS. The highest BCUT2D eigenvalue weighted by molar-refractivity contribution is 7.09. The molecule has 2 aromatic rings. The van der Waals surface area contributed by atoms with Gasteiger partial charge < -0.3 is 5.11 Å². The molecule has 2 aromatic heterocycles. The molecule has 4 nitrogen and oxygen atoms in total. The Hall–Kier alpha value is -1.17. The summed E-state index contributed by atoms with van der Waals surface area (Å²) in [5, 5.41) is 16.1. The molecule has 0 radical (unpaired) electrons. The van der Waals surface area contributed by atoms with E-state index in [1.54, 1.807) is 11.3 Å². The molecule has 0 aliphatic carbocycles. The van der Waals surface area contributed by atoms with E-state index in [0.29, 0.717) is 12.6 Å². The first-order valence-electron chi connectivity index (χ1n) is 7.43. The van der Waals surface area contributed by atoms with Crippen molar-refractivity contribution in [3.63, 3.8) is 0 Å². The molecule has 0 aromatic carbocycles. The highest BCUT2D eigenvalue weighted by atomic mass is 32.1. The van der Waals surface area contributed by atoms with Gasteiger partial charge in [0, 0.05) is 41.8 Å². The number of hydrogen-bond donors (Lipinski definition) is 1. The van der Waals surface area contributed by atoms with Crippen molar-refractivity contribution in [2.24, 2.45) is 0 Å². The molecule has 0 saturated heterocycles. The van der Waals surface area contributed by atoms with Crippen molar-refractivity contribution in [2.45, 2.75) is 46.8 Å². The van der Waals surface area contributed by atoms with Gasteiger partial charge in [0.1, 0.15) is 0 Å². The Kier molecular flexibility index (Phi) is 5.56. The van der Waals surface area contributed by atoms with Gasteiger partial charge in [0.05, 0.1) is 12.3 Å². The standard InChI is InChI=1S/C16H25N3OS/c1-12(2)19-14(4)16(13(3)17-19)11-18(7-8-20)10-15-6-5-9-21-15/h5-6,9,12,20H,7-8,10-11H2,1-4H3. The summed E-state index contributed by atoms with van der Waals surface area (Å²) in [4.78, 5) is 3.61. The number of rotatable bonds is 7. The van der Waals surface area contributed by atoms with Crippen LogP contribution in [0.5, 0.6) is 0 Å². The molecule has 0 spiro atoms. The Morgan fingerprint density at radius 2 is 2.10 bits per heavy atom. The van der Waals surface area contributed by atoms with Crippen molar-refractivity contribution in [1.82, 2.24) is 14.7 Å². The molecule has 1 N–H and O–H groups in total. The third-order valence-electron chi connectivity index (χ3n) is 3.72. The van der Waals surface area contributed by atoms with Crippen LogP contribution in [0.15, 0.2) is 17.5 Å². The van der Waals surface area contributed by atoms with Crippen molar-refractivity contribution >= 4 is 11.3 Å². The lowest BCUT2D eigenvalue weighted by Crippen LogP contribution is -2.26. The van der Waals surface area contributed by atoms with E-state index in [1.165, 1.54) is 16.1 Å².